The molecule has 4 heteroatoms. The van der Waals surface area contributed by atoms with Gasteiger partial charge in [-0.2, -0.15) is 0 Å². The molecule has 0 atom stereocenters. The Morgan fingerprint density at radius 1 is 1.26 bits per heavy atom. The van der Waals surface area contributed by atoms with E-state index in [9.17, 15) is 9.90 Å². The van der Waals surface area contributed by atoms with Gasteiger partial charge in [-0.15, -0.1) is 0 Å². The van der Waals surface area contributed by atoms with Crippen LogP contribution in [0.1, 0.15) is 21.5 Å². The topological polar surface area (TPSA) is 75.3 Å². The van der Waals surface area contributed by atoms with Crippen LogP contribution in [0.15, 0.2) is 42.5 Å². The van der Waals surface area contributed by atoms with Gasteiger partial charge in [0.2, 0.25) is 0 Å². The number of hydrogen-bond donors (Lipinski definition) is 3. The summed E-state index contributed by atoms with van der Waals surface area (Å²) >= 11 is 0. The van der Waals surface area contributed by atoms with Gasteiger partial charge in [0.1, 0.15) is 5.75 Å². The van der Waals surface area contributed by atoms with Gasteiger partial charge >= 0.3 is 0 Å². The van der Waals surface area contributed by atoms with Crippen molar-refractivity contribution in [1.82, 2.24) is 5.32 Å². The molecule has 1 amide bonds. The molecular weight excluding hydrogens is 240 g/mol. The molecular formula is C15H16N2O2. The minimum Gasteiger partial charge on any atom is -0.508 e. The molecule has 0 unspecified atom stereocenters. The van der Waals surface area contributed by atoms with Crippen molar-refractivity contribution in [2.24, 2.45) is 0 Å². The maximum Gasteiger partial charge on any atom is 0.251 e. The van der Waals surface area contributed by atoms with Gasteiger partial charge in [0, 0.05) is 23.4 Å². The predicted octanol–water partition coefficient (Wildman–Crippen LogP) is 2.21. The molecule has 0 spiro atoms. The van der Waals surface area contributed by atoms with Gasteiger partial charge in [0.05, 0.1) is 0 Å². The second-order valence-electron chi connectivity index (χ2n) is 4.38. The Bertz CT molecular complexity index is 609. The summed E-state index contributed by atoms with van der Waals surface area (Å²) in [6, 6.07) is 12.1. The number of aryl methyl sites for hydroxylation is 1. The number of amides is 1. The lowest BCUT2D eigenvalue weighted by atomic mass is 10.1. The fourth-order valence-electron chi connectivity index (χ4n) is 1.75. The number of nitrogens with one attached hydrogen (secondary N) is 1. The second kappa shape index (κ2) is 5.44. The van der Waals surface area contributed by atoms with Gasteiger partial charge in [-0.05, 0) is 36.8 Å². The fourth-order valence-corrected chi connectivity index (χ4v) is 1.75. The van der Waals surface area contributed by atoms with Crippen molar-refractivity contribution in [3.8, 4) is 5.75 Å². The van der Waals surface area contributed by atoms with Crippen LogP contribution in [-0.2, 0) is 6.54 Å². The van der Waals surface area contributed by atoms with Crippen molar-refractivity contribution in [2.45, 2.75) is 13.5 Å². The Hall–Kier alpha value is -2.49. The molecule has 0 aromatic heterocycles. The molecule has 0 aliphatic heterocycles. The van der Waals surface area contributed by atoms with Gasteiger partial charge in [-0.3, -0.25) is 4.79 Å². The smallest absolute Gasteiger partial charge is 0.251 e. The number of anilines is 1. The van der Waals surface area contributed by atoms with E-state index in [2.05, 4.69) is 5.32 Å². The molecule has 0 bridgehead atoms. The molecule has 0 aliphatic carbocycles. The quantitative estimate of drug-likeness (QED) is 0.737. The minimum absolute atomic E-state index is 0.177. The Labute approximate surface area is 111 Å². The maximum atomic E-state index is 12.0. The average Bonchev–Trinajstić information content (AvgIpc) is 2.40. The first kappa shape index (κ1) is 13.0. The average molecular weight is 256 g/mol. The molecule has 0 fully saturated rings. The van der Waals surface area contributed by atoms with Gasteiger partial charge in [0.15, 0.2) is 0 Å². The van der Waals surface area contributed by atoms with E-state index in [-0.39, 0.29) is 18.2 Å². The number of rotatable bonds is 3. The van der Waals surface area contributed by atoms with Crippen molar-refractivity contribution >= 4 is 11.6 Å². The van der Waals surface area contributed by atoms with Crippen LogP contribution >= 0.6 is 0 Å². The summed E-state index contributed by atoms with van der Waals surface area (Å²) in [5.41, 5.74) is 8.48. The number of phenols is 1. The van der Waals surface area contributed by atoms with Crippen LogP contribution in [0.5, 0.6) is 5.75 Å². The van der Waals surface area contributed by atoms with E-state index < -0.39 is 0 Å². The third kappa shape index (κ3) is 3.04. The molecule has 2 aromatic carbocycles. The first-order valence-electron chi connectivity index (χ1n) is 5.99. The highest BCUT2D eigenvalue weighted by Crippen LogP contribution is 2.16. The van der Waals surface area contributed by atoms with Crippen LogP contribution in [0.4, 0.5) is 5.69 Å². The first-order chi connectivity index (χ1) is 9.08. The number of carbonyl (C=O) groups is 1. The monoisotopic (exact) mass is 256 g/mol. The summed E-state index contributed by atoms with van der Waals surface area (Å²) in [5, 5.41) is 12.4. The molecule has 4 N–H and O–H groups in total. The second-order valence-corrected chi connectivity index (χ2v) is 4.38. The highest BCUT2D eigenvalue weighted by molar-refractivity contribution is 5.94. The Kier molecular flexibility index (Phi) is 3.71. The van der Waals surface area contributed by atoms with Crippen LogP contribution < -0.4 is 11.1 Å². The van der Waals surface area contributed by atoms with Crippen molar-refractivity contribution in [3.05, 3.63) is 59.2 Å². The Morgan fingerprint density at radius 3 is 2.68 bits per heavy atom. The molecule has 2 aromatic rings. The van der Waals surface area contributed by atoms with Crippen molar-refractivity contribution in [2.75, 3.05) is 5.73 Å². The van der Waals surface area contributed by atoms with Gasteiger partial charge in [0.25, 0.3) is 5.91 Å². The fraction of sp³-hybridized carbons (Fsp3) is 0.133. The van der Waals surface area contributed by atoms with Gasteiger partial charge < -0.3 is 16.2 Å². The molecule has 19 heavy (non-hydrogen) atoms. The summed E-state index contributed by atoms with van der Waals surface area (Å²) in [7, 11) is 0. The zero-order chi connectivity index (χ0) is 13.8. The summed E-state index contributed by atoms with van der Waals surface area (Å²) in [6.45, 7) is 2.14. The summed E-state index contributed by atoms with van der Waals surface area (Å²) in [6.07, 6.45) is 0. The predicted molar refractivity (Wildman–Crippen MR) is 74.9 cm³/mol. The number of nitrogens with two attached hydrogens (primary N) is 1. The SMILES string of the molecule is Cc1cc(C(=O)NCc2ccccc2O)ccc1N. The first-order valence-corrected chi connectivity index (χ1v) is 5.99. The molecule has 98 valence electrons. The zero-order valence-electron chi connectivity index (χ0n) is 10.7. The Balaban J connectivity index is 2.05. The minimum atomic E-state index is -0.189. The van der Waals surface area contributed by atoms with Gasteiger partial charge in [-0.25, -0.2) is 0 Å². The molecule has 2 rings (SSSR count). The van der Waals surface area contributed by atoms with E-state index in [1.165, 1.54) is 0 Å². The van der Waals surface area contributed by atoms with Crippen LogP contribution in [0, 0.1) is 6.92 Å². The van der Waals surface area contributed by atoms with Crippen LogP contribution in [0.25, 0.3) is 0 Å². The lowest BCUT2D eigenvalue weighted by Gasteiger charge is -2.08. The molecule has 0 heterocycles. The number of aromatic hydroxyl groups is 1. The van der Waals surface area contributed by atoms with E-state index in [0.717, 1.165) is 5.56 Å². The third-order valence-electron chi connectivity index (χ3n) is 2.96. The van der Waals surface area contributed by atoms with Crippen LogP contribution in [0.3, 0.4) is 0 Å². The van der Waals surface area contributed by atoms with E-state index in [0.29, 0.717) is 16.8 Å². The Morgan fingerprint density at radius 2 is 2.00 bits per heavy atom. The molecule has 4 nitrogen and oxygen atoms in total. The molecule has 0 aliphatic rings. The highest BCUT2D eigenvalue weighted by Gasteiger charge is 2.07. The van der Waals surface area contributed by atoms with Crippen LogP contribution in [-0.4, -0.2) is 11.0 Å². The normalized spacial score (nSPS) is 10.2. The van der Waals surface area contributed by atoms with E-state index in [4.69, 9.17) is 5.73 Å². The van der Waals surface area contributed by atoms with Gasteiger partial charge in [-0.1, -0.05) is 18.2 Å². The third-order valence-corrected chi connectivity index (χ3v) is 2.96. The molecule has 0 saturated heterocycles. The van der Waals surface area contributed by atoms with Crippen molar-refractivity contribution < 1.29 is 9.90 Å². The summed E-state index contributed by atoms with van der Waals surface area (Å²) in [4.78, 5) is 12.0. The number of benzene rings is 2. The van der Waals surface area contributed by atoms with Crippen molar-refractivity contribution in [1.29, 1.82) is 0 Å². The van der Waals surface area contributed by atoms with E-state index in [1.54, 1.807) is 36.4 Å². The van der Waals surface area contributed by atoms with E-state index in [1.807, 2.05) is 13.0 Å². The number of hydrogen-bond acceptors (Lipinski definition) is 3. The van der Waals surface area contributed by atoms with E-state index >= 15 is 0 Å². The highest BCUT2D eigenvalue weighted by atomic mass is 16.3. The molecule has 0 saturated carbocycles. The summed E-state index contributed by atoms with van der Waals surface area (Å²) in [5.74, 6) is -0.0114. The lowest BCUT2D eigenvalue weighted by Crippen LogP contribution is -2.22. The number of carbonyl (C=O) groups excluding carboxylic acids is 1. The maximum absolute atomic E-state index is 12.0. The van der Waals surface area contributed by atoms with Crippen LogP contribution in [0.2, 0.25) is 0 Å². The number of phenolic OH excluding ortho intramolecular Hbond substituents is 1. The largest absolute Gasteiger partial charge is 0.508 e. The summed E-state index contributed by atoms with van der Waals surface area (Å²) < 4.78 is 0. The number of para-hydroxylation sites is 1. The lowest BCUT2D eigenvalue weighted by molar-refractivity contribution is 0.0950. The molecule has 0 radical (unpaired) electrons. The van der Waals surface area contributed by atoms with Crippen molar-refractivity contribution in [3.63, 3.8) is 0 Å². The zero-order valence-corrected chi connectivity index (χ0v) is 10.7. The number of nitrogen functional groups attached to an aromatic ring is 1. The standard InChI is InChI=1S/C15H16N2O2/c1-10-8-11(6-7-13(10)16)15(19)17-9-12-4-2-3-5-14(12)18/h2-8,18H,9,16H2,1H3,(H,17,19).